The number of nitrogens with one attached hydrogen (secondary N) is 1. The molecule has 2 amide bonds. The molecule has 0 radical (unpaired) electrons. The monoisotopic (exact) mass is 405 g/mol. The lowest BCUT2D eigenvalue weighted by atomic mass is 10.2. The number of anilines is 2. The van der Waals surface area contributed by atoms with Gasteiger partial charge in [-0.3, -0.25) is 0 Å². The Bertz CT molecular complexity index is 700. The van der Waals surface area contributed by atoms with Gasteiger partial charge in [-0.05, 0) is 42.7 Å². The molecule has 24 heavy (non-hydrogen) atoms. The quantitative estimate of drug-likeness (QED) is 0.762. The SMILES string of the molecule is CSc1ccccc1N1CCN(C(=O)Nc2ccc(Br)cc2)CC1. The maximum Gasteiger partial charge on any atom is 0.321 e. The molecule has 1 N–H and O–H groups in total. The summed E-state index contributed by atoms with van der Waals surface area (Å²) in [5, 5.41) is 2.96. The van der Waals surface area contributed by atoms with E-state index in [-0.39, 0.29) is 6.03 Å². The highest BCUT2D eigenvalue weighted by molar-refractivity contribution is 9.10. The number of nitrogens with zero attached hydrogens (tertiary/aromatic N) is 2. The van der Waals surface area contributed by atoms with Crippen molar-refractivity contribution in [2.45, 2.75) is 4.90 Å². The molecule has 2 aromatic rings. The molecule has 4 nitrogen and oxygen atoms in total. The van der Waals surface area contributed by atoms with E-state index in [2.05, 4.69) is 56.7 Å². The Kier molecular flexibility index (Phi) is 5.68. The van der Waals surface area contributed by atoms with Crippen molar-refractivity contribution >= 4 is 45.1 Å². The molecule has 0 atom stereocenters. The smallest absolute Gasteiger partial charge is 0.321 e. The summed E-state index contributed by atoms with van der Waals surface area (Å²) in [6.45, 7) is 3.16. The number of piperazine rings is 1. The highest BCUT2D eigenvalue weighted by Crippen LogP contribution is 2.29. The minimum absolute atomic E-state index is 0.0323. The second-order valence-electron chi connectivity index (χ2n) is 5.58. The first-order valence-corrected chi connectivity index (χ1v) is 9.88. The van der Waals surface area contributed by atoms with E-state index < -0.39 is 0 Å². The van der Waals surface area contributed by atoms with Crippen LogP contribution in [0.1, 0.15) is 0 Å². The molecule has 0 saturated carbocycles. The zero-order chi connectivity index (χ0) is 16.9. The lowest BCUT2D eigenvalue weighted by molar-refractivity contribution is 0.208. The van der Waals surface area contributed by atoms with Crippen molar-refractivity contribution in [2.24, 2.45) is 0 Å². The predicted molar refractivity (Wildman–Crippen MR) is 105 cm³/mol. The van der Waals surface area contributed by atoms with Crippen molar-refractivity contribution in [3.63, 3.8) is 0 Å². The van der Waals surface area contributed by atoms with Gasteiger partial charge < -0.3 is 15.1 Å². The van der Waals surface area contributed by atoms with Gasteiger partial charge >= 0.3 is 6.03 Å². The fraction of sp³-hybridized carbons (Fsp3) is 0.278. The van der Waals surface area contributed by atoms with Crippen LogP contribution in [0.25, 0.3) is 0 Å². The van der Waals surface area contributed by atoms with Gasteiger partial charge in [0.05, 0.1) is 5.69 Å². The van der Waals surface area contributed by atoms with Crippen LogP contribution in [-0.4, -0.2) is 43.4 Å². The highest BCUT2D eigenvalue weighted by atomic mass is 79.9. The van der Waals surface area contributed by atoms with Crippen molar-refractivity contribution in [3.8, 4) is 0 Å². The topological polar surface area (TPSA) is 35.6 Å². The second-order valence-corrected chi connectivity index (χ2v) is 7.35. The minimum Gasteiger partial charge on any atom is -0.367 e. The molecule has 126 valence electrons. The number of hydrogen-bond donors (Lipinski definition) is 1. The van der Waals surface area contributed by atoms with Crippen LogP contribution >= 0.6 is 27.7 Å². The Labute approximate surface area is 155 Å². The molecule has 1 fully saturated rings. The van der Waals surface area contributed by atoms with E-state index in [9.17, 15) is 4.79 Å². The normalized spacial score (nSPS) is 14.6. The molecule has 1 aliphatic heterocycles. The largest absolute Gasteiger partial charge is 0.367 e. The first kappa shape index (κ1) is 17.2. The summed E-state index contributed by atoms with van der Waals surface area (Å²) in [5.41, 5.74) is 2.08. The third kappa shape index (κ3) is 4.05. The number of halogens is 1. The molecular formula is C18H20BrN3OS. The third-order valence-electron chi connectivity index (χ3n) is 4.09. The van der Waals surface area contributed by atoms with Crippen LogP contribution in [0.4, 0.5) is 16.2 Å². The number of rotatable bonds is 3. The molecule has 6 heteroatoms. The van der Waals surface area contributed by atoms with E-state index in [0.29, 0.717) is 0 Å². The minimum atomic E-state index is -0.0323. The van der Waals surface area contributed by atoms with Crippen LogP contribution in [0.3, 0.4) is 0 Å². The number of thioether (sulfide) groups is 1. The number of amides is 2. The first-order valence-electron chi connectivity index (χ1n) is 7.87. The van der Waals surface area contributed by atoms with E-state index in [1.165, 1.54) is 10.6 Å². The average Bonchev–Trinajstić information content (AvgIpc) is 2.63. The Morgan fingerprint density at radius 3 is 2.38 bits per heavy atom. The molecule has 1 aliphatic rings. The summed E-state index contributed by atoms with van der Waals surface area (Å²) < 4.78 is 1.00. The summed E-state index contributed by atoms with van der Waals surface area (Å²) in [6.07, 6.45) is 2.10. The zero-order valence-electron chi connectivity index (χ0n) is 13.5. The maximum absolute atomic E-state index is 12.4. The number of urea groups is 1. The lowest BCUT2D eigenvalue weighted by Gasteiger charge is -2.36. The standard InChI is InChI=1S/C18H20BrN3OS/c1-24-17-5-3-2-4-16(17)21-10-12-22(13-11-21)18(23)20-15-8-6-14(19)7-9-15/h2-9H,10-13H2,1H3,(H,20,23). The highest BCUT2D eigenvalue weighted by Gasteiger charge is 2.22. The van der Waals surface area contributed by atoms with Crippen LogP contribution in [-0.2, 0) is 0 Å². The molecule has 1 saturated heterocycles. The van der Waals surface area contributed by atoms with Crippen LogP contribution < -0.4 is 10.2 Å². The fourth-order valence-corrected chi connectivity index (χ4v) is 3.66. The summed E-state index contributed by atoms with van der Waals surface area (Å²) in [4.78, 5) is 17.9. The molecule has 0 aliphatic carbocycles. The van der Waals surface area contributed by atoms with Gasteiger partial charge in [-0.15, -0.1) is 11.8 Å². The Morgan fingerprint density at radius 2 is 1.71 bits per heavy atom. The summed E-state index contributed by atoms with van der Waals surface area (Å²) in [7, 11) is 0. The van der Waals surface area contributed by atoms with Crippen LogP contribution in [0, 0.1) is 0 Å². The zero-order valence-corrected chi connectivity index (χ0v) is 15.9. The average molecular weight is 406 g/mol. The van der Waals surface area contributed by atoms with Gasteiger partial charge in [0, 0.05) is 41.2 Å². The molecule has 3 rings (SSSR count). The van der Waals surface area contributed by atoms with Crippen LogP contribution in [0.2, 0.25) is 0 Å². The number of benzene rings is 2. The van der Waals surface area contributed by atoms with E-state index in [1.807, 2.05) is 29.2 Å². The van der Waals surface area contributed by atoms with Crippen molar-refractivity contribution < 1.29 is 4.79 Å². The Morgan fingerprint density at radius 1 is 1.04 bits per heavy atom. The van der Waals surface area contributed by atoms with E-state index in [1.54, 1.807) is 11.8 Å². The maximum atomic E-state index is 12.4. The molecule has 0 spiro atoms. The summed E-state index contributed by atoms with van der Waals surface area (Å²) in [5.74, 6) is 0. The fourth-order valence-electron chi connectivity index (χ4n) is 2.78. The van der Waals surface area contributed by atoms with Crippen LogP contribution in [0.15, 0.2) is 57.9 Å². The van der Waals surface area contributed by atoms with Gasteiger partial charge in [0.15, 0.2) is 0 Å². The van der Waals surface area contributed by atoms with Crippen molar-refractivity contribution in [3.05, 3.63) is 53.0 Å². The number of hydrogen-bond acceptors (Lipinski definition) is 3. The lowest BCUT2D eigenvalue weighted by Crippen LogP contribution is -2.50. The number of para-hydroxylation sites is 1. The van der Waals surface area contributed by atoms with E-state index in [0.717, 1.165) is 36.3 Å². The third-order valence-corrected chi connectivity index (χ3v) is 5.40. The summed E-state index contributed by atoms with van der Waals surface area (Å²) in [6, 6.07) is 16.0. The van der Waals surface area contributed by atoms with Crippen molar-refractivity contribution in [2.75, 3.05) is 42.7 Å². The molecule has 2 aromatic carbocycles. The number of carbonyl (C=O) groups excluding carboxylic acids is 1. The van der Waals surface area contributed by atoms with Gasteiger partial charge in [-0.2, -0.15) is 0 Å². The van der Waals surface area contributed by atoms with Gasteiger partial charge in [-0.25, -0.2) is 4.79 Å². The van der Waals surface area contributed by atoms with E-state index in [4.69, 9.17) is 0 Å². The van der Waals surface area contributed by atoms with E-state index >= 15 is 0 Å². The van der Waals surface area contributed by atoms with Gasteiger partial charge in [-0.1, -0.05) is 28.1 Å². The molecule has 0 bridgehead atoms. The van der Waals surface area contributed by atoms with Crippen LogP contribution in [0.5, 0.6) is 0 Å². The molecule has 0 unspecified atom stereocenters. The van der Waals surface area contributed by atoms with Crippen molar-refractivity contribution in [1.29, 1.82) is 0 Å². The molecule has 1 heterocycles. The van der Waals surface area contributed by atoms with Gasteiger partial charge in [0.1, 0.15) is 0 Å². The van der Waals surface area contributed by atoms with Crippen molar-refractivity contribution in [1.82, 2.24) is 4.90 Å². The molecule has 0 aromatic heterocycles. The summed E-state index contributed by atoms with van der Waals surface area (Å²) >= 11 is 5.16. The second kappa shape index (κ2) is 7.94. The predicted octanol–water partition coefficient (Wildman–Crippen LogP) is 4.53. The van der Waals surface area contributed by atoms with Gasteiger partial charge in [0.2, 0.25) is 0 Å². The Hall–Kier alpha value is -1.66. The molecular weight excluding hydrogens is 386 g/mol. The van der Waals surface area contributed by atoms with Gasteiger partial charge in [0.25, 0.3) is 0 Å². The first-order chi connectivity index (χ1) is 11.7. The Balaban J connectivity index is 1.58. The number of carbonyl (C=O) groups is 1.